The van der Waals surface area contributed by atoms with Gasteiger partial charge in [0.25, 0.3) is 0 Å². The highest BCUT2D eigenvalue weighted by Crippen LogP contribution is 2.22. The molecule has 3 nitrogen and oxygen atoms in total. The predicted molar refractivity (Wildman–Crippen MR) is 87.9 cm³/mol. The first kappa shape index (κ1) is 14.8. The summed E-state index contributed by atoms with van der Waals surface area (Å²) in [7, 11) is 0. The minimum Gasteiger partial charge on any atom is -0.346 e. The molecule has 0 saturated carbocycles. The molecule has 1 aromatic carbocycles. The third kappa shape index (κ3) is 3.96. The van der Waals surface area contributed by atoms with Crippen LogP contribution in [0.4, 0.5) is 9.52 Å². The van der Waals surface area contributed by atoms with Gasteiger partial charge in [-0.1, -0.05) is 12.1 Å². The van der Waals surface area contributed by atoms with E-state index in [4.69, 9.17) is 0 Å². The van der Waals surface area contributed by atoms with E-state index in [0.29, 0.717) is 0 Å². The molecule has 1 fully saturated rings. The van der Waals surface area contributed by atoms with Gasteiger partial charge in [0, 0.05) is 54.9 Å². The van der Waals surface area contributed by atoms with E-state index in [1.165, 1.54) is 6.07 Å². The summed E-state index contributed by atoms with van der Waals surface area (Å²) in [4.78, 5) is 9.89. The minimum atomic E-state index is -0.115. The zero-order valence-corrected chi connectivity index (χ0v) is 13.4. The first-order valence-electron chi connectivity index (χ1n) is 7.07. The average molecular weight is 323 g/mol. The molecule has 0 atom stereocenters. The van der Waals surface area contributed by atoms with Crippen LogP contribution in [0.5, 0.6) is 0 Å². The number of halogens is 1. The van der Waals surface area contributed by atoms with E-state index < -0.39 is 0 Å². The van der Waals surface area contributed by atoms with Gasteiger partial charge in [-0.15, -0.1) is 23.1 Å². The normalized spacial score (nSPS) is 16.3. The largest absolute Gasteiger partial charge is 0.346 e. The fraction of sp³-hybridized carbons (Fsp3) is 0.400. The number of aromatic nitrogens is 1. The van der Waals surface area contributed by atoms with Crippen molar-refractivity contribution in [2.75, 3.05) is 43.4 Å². The van der Waals surface area contributed by atoms with Crippen molar-refractivity contribution in [3.63, 3.8) is 0 Å². The Morgan fingerprint density at radius 3 is 2.71 bits per heavy atom. The summed E-state index contributed by atoms with van der Waals surface area (Å²) in [6, 6.07) is 6.99. The number of anilines is 1. The Kier molecular flexibility index (Phi) is 5.11. The number of rotatable bonds is 5. The maximum atomic E-state index is 13.5. The SMILES string of the molecule is Fc1ccccc1SCCN1CCN(c2nccs2)CC1. The molecule has 0 spiro atoms. The lowest BCUT2D eigenvalue weighted by molar-refractivity contribution is 0.273. The van der Waals surface area contributed by atoms with Crippen LogP contribution in [0.3, 0.4) is 0 Å². The quantitative estimate of drug-likeness (QED) is 0.787. The summed E-state index contributed by atoms with van der Waals surface area (Å²) >= 11 is 3.30. The van der Waals surface area contributed by atoms with Gasteiger partial charge in [-0.05, 0) is 12.1 Å². The van der Waals surface area contributed by atoms with Gasteiger partial charge in [0.15, 0.2) is 5.13 Å². The molecular weight excluding hydrogens is 305 g/mol. The summed E-state index contributed by atoms with van der Waals surface area (Å²) in [5.41, 5.74) is 0. The molecule has 2 heterocycles. The molecule has 0 amide bonds. The van der Waals surface area contributed by atoms with Crippen molar-refractivity contribution in [3.05, 3.63) is 41.7 Å². The molecular formula is C15H18FN3S2. The van der Waals surface area contributed by atoms with Crippen LogP contribution in [-0.2, 0) is 0 Å². The molecule has 2 aromatic rings. The molecule has 1 aliphatic rings. The lowest BCUT2D eigenvalue weighted by Gasteiger charge is -2.34. The maximum Gasteiger partial charge on any atom is 0.185 e. The van der Waals surface area contributed by atoms with E-state index in [1.807, 2.05) is 23.7 Å². The fourth-order valence-electron chi connectivity index (χ4n) is 2.38. The van der Waals surface area contributed by atoms with Crippen LogP contribution in [0.2, 0.25) is 0 Å². The van der Waals surface area contributed by atoms with Gasteiger partial charge < -0.3 is 4.90 Å². The first-order chi connectivity index (χ1) is 10.3. The Morgan fingerprint density at radius 2 is 2.00 bits per heavy atom. The molecule has 21 heavy (non-hydrogen) atoms. The number of nitrogens with zero attached hydrogens (tertiary/aromatic N) is 3. The van der Waals surface area contributed by atoms with Crippen LogP contribution in [0.15, 0.2) is 40.7 Å². The molecule has 0 bridgehead atoms. The second-order valence-electron chi connectivity index (χ2n) is 4.92. The highest BCUT2D eigenvalue weighted by Gasteiger charge is 2.18. The van der Waals surface area contributed by atoms with Crippen LogP contribution in [0, 0.1) is 5.82 Å². The topological polar surface area (TPSA) is 19.4 Å². The fourth-order valence-corrected chi connectivity index (χ4v) is 4.03. The molecule has 3 rings (SSSR count). The minimum absolute atomic E-state index is 0.115. The number of piperazine rings is 1. The van der Waals surface area contributed by atoms with E-state index in [0.717, 1.165) is 48.5 Å². The third-order valence-corrected chi connectivity index (χ3v) is 5.42. The van der Waals surface area contributed by atoms with Crippen LogP contribution >= 0.6 is 23.1 Å². The summed E-state index contributed by atoms with van der Waals surface area (Å²) in [5, 5.41) is 3.14. The monoisotopic (exact) mass is 323 g/mol. The van der Waals surface area contributed by atoms with Crippen molar-refractivity contribution in [2.45, 2.75) is 4.90 Å². The number of thiazole rings is 1. The smallest absolute Gasteiger partial charge is 0.185 e. The summed E-state index contributed by atoms with van der Waals surface area (Å²) in [6.45, 7) is 5.16. The van der Waals surface area contributed by atoms with Gasteiger partial charge in [0.2, 0.25) is 0 Å². The van der Waals surface area contributed by atoms with Gasteiger partial charge in [0.05, 0.1) is 0 Å². The Bertz CT molecular complexity index is 554. The van der Waals surface area contributed by atoms with E-state index in [1.54, 1.807) is 29.2 Å². The summed E-state index contributed by atoms with van der Waals surface area (Å²) in [6.07, 6.45) is 1.86. The number of benzene rings is 1. The lowest BCUT2D eigenvalue weighted by atomic mass is 10.3. The maximum absolute atomic E-state index is 13.5. The second kappa shape index (κ2) is 7.24. The van der Waals surface area contributed by atoms with Crippen molar-refractivity contribution in [3.8, 4) is 0 Å². The Labute approximate surface area is 132 Å². The molecule has 0 unspecified atom stereocenters. The average Bonchev–Trinajstić information content (AvgIpc) is 3.04. The zero-order valence-electron chi connectivity index (χ0n) is 11.7. The van der Waals surface area contributed by atoms with Gasteiger partial charge in [0.1, 0.15) is 5.82 Å². The second-order valence-corrected chi connectivity index (χ2v) is 6.93. The molecule has 112 valence electrons. The van der Waals surface area contributed by atoms with E-state index in [-0.39, 0.29) is 5.82 Å². The van der Waals surface area contributed by atoms with Gasteiger partial charge in [-0.25, -0.2) is 9.37 Å². The molecule has 1 aromatic heterocycles. The highest BCUT2D eigenvalue weighted by molar-refractivity contribution is 7.99. The molecule has 6 heteroatoms. The summed E-state index contributed by atoms with van der Waals surface area (Å²) in [5.74, 6) is 0.814. The third-order valence-electron chi connectivity index (χ3n) is 3.56. The van der Waals surface area contributed by atoms with Crippen LogP contribution in [0.1, 0.15) is 0 Å². The molecule has 1 saturated heterocycles. The van der Waals surface area contributed by atoms with E-state index in [9.17, 15) is 4.39 Å². The van der Waals surface area contributed by atoms with Crippen LogP contribution < -0.4 is 4.90 Å². The number of hydrogen-bond acceptors (Lipinski definition) is 5. The molecule has 0 radical (unpaired) electrons. The molecule has 1 aliphatic heterocycles. The van der Waals surface area contributed by atoms with Crippen molar-refractivity contribution < 1.29 is 4.39 Å². The predicted octanol–water partition coefficient (Wildman–Crippen LogP) is 3.20. The summed E-state index contributed by atoms with van der Waals surface area (Å²) < 4.78 is 13.5. The Morgan fingerprint density at radius 1 is 1.19 bits per heavy atom. The van der Waals surface area contributed by atoms with Crippen molar-refractivity contribution >= 4 is 28.2 Å². The van der Waals surface area contributed by atoms with Crippen LogP contribution in [0.25, 0.3) is 0 Å². The van der Waals surface area contributed by atoms with E-state index in [2.05, 4.69) is 14.8 Å². The van der Waals surface area contributed by atoms with Gasteiger partial charge in [-0.3, -0.25) is 4.90 Å². The highest BCUT2D eigenvalue weighted by atomic mass is 32.2. The van der Waals surface area contributed by atoms with Crippen molar-refractivity contribution in [2.24, 2.45) is 0 Å². The Balaban J connectivity index is 1.41. The molecule has 0 N–H and O–H groups in total. The van der Waals surface area contributed by atoms with E-state index >= 15 is 0 Å². The van der Waals surface area contributed by atoms with Crippen LogP contribution in [-0.4, -0.2) is 48.4 Å². The first-order valence-corrected chi connectivity index (χ1v) is 8.93. The number of hydrogen-bond donors (Lipinski definition) is 0. The van der Waals surface area contributed by atoms with Gasteiger partial charge >= 0.3 is 0 Å². The standard InChI is InChI=1S/C15H18FN3S2/c16-13-3-1-2-4-14(13)20-12-10-18-6-8-19(9-7-18)15-17-5-11-21-15/h1-5,11H,6-10,12H2. The lowest BCUT2D eigenvalue weighted by Crippen LogP contribution is -2.47. The van der Waals surface area contributed by atoms with Crippen molar-refractivity contribution in [1.82, 2.24) is 9.88 Å². The number of thioether (sulfide) groups is 1. The molecule has 0 aliphatic carbocycles. The zero-order chi connectivity index (χ0) is 14.5. The Hall–Kier alpha value is -1.11. The van der Waals surface area contributed by atoms with Gasteiger partial charge in [-0.2, -0.15) is 0 Å². The van der Waals surface area contributed by atoms with Crippen molar-refractivity contribution in [1.29, 1.82) is 0 Å².